The van der Waals surface area contributed by atoms with Gasteiger partial charge in [-0.15, -0.1) is 0 Å². The number of benzene rings is 2. The molecule has 1 aromatic heterocycles. The van der Waals surface area contributed by atoms with Gasteiger partial charge in [0.2, 0.25) is 27.6 Å². The van der Waals surface area contributed by atoms with E-state index >= 15 is 0 Å². The van der Waals surface area contributed by atoms with Crippen LogP contribution >= 0.6 is 11.6 Å². The van der Waals surface area contributed by atoms with Crippen molar-refractivity contribution in [3.8, 4) is 11.4 Å². The SMILES string of the molecule is Cc1ccc(NC(=O)C2CCCN(Cc3nc(-c4cccc(Cl)c4)no3)C2)cc1S(=O)(=O)N1CCCC1. The van der Waals surface area contributed by atoms with Gasteiger partial charge in [0.15, 0.2) is 0 Å². The van der Waals surface area contributed by atoms with Crippen LogP contribution in [-0.2, 0) is 21.4 Å². The van der Waals surface area contributed by atoms with Crippen LogP contribution in [0.1, 0.15) is 37.1 Å². The van der Waals surface area contributed by atoms with Crippen LogP contribution in [0.2, 0.25) is 5.02 Å². The number of hydrogen-bond donors (Lipinski definition) is 1. The number of aromatic nitrogens is 2. The van der Waals surface area contributed by atoms with Gasteiger partial charge in [0.1, 0.15) is 0 Å². The number of hydrogen-bond acceptors (Lipinski definition) is 7. The Balaban J connectivity index is 1.23. The van der Waals surface area contributed by atoms with Gasteiger partial charge in [0.05, 0.1) is 17.4 Å². The molecular weight excluding hydrogens is 514 g/mol. The molecule has 0 spiro atoms. The number of carbonyl (C=O) groups is 1. The maximum Gasteiger partial charge on any atom is 0.243 e. The van der Waals surface area contributed by atoms with Gasteiger partial charge in [-0.05, 0) is 69.0 Å². The third kappa shape index (κ3) is 5.87. The van der Waals surface area contributed by atoms with E-state index in [2.05, 4.69) is 20.4 Å². The van der Waals surface area contributed by atoms with Crippen molar-refractivity contribution < 1.29 is 17.7 Å². The van der Waals surface area contributed by atoms with E-state index in [0.29, 0.717) is 54.2 Å². The lowest BCUT2D eigenvalue weighted by Gasteiger charge is -2.30. The summed E-state index contributed by atoms with van der Waals surface area (Å²) in [6, 6.07) is 12.4. The molecule has 1 unspecified atom stereocenters. The number of halogens is 1. The van der Waals surface area contributed by atoms with E-state index in [1.807, 2.05) is 12.1 Å². The molecule has 1 atom stereocenters. The number of piperidine rings is 1. The van der Waals surface area contributed by atoms with Crippen molar-refractivity contribution in [3.63, 3.8) is 0 Å². The summed E-state index contributed by atoms with van der Waals surface area (Å²) >= 11 is 6.06. The number of carbonyl (C=O) groups excluding carboxylic acids is 1. The first-order valence-electron chi connectivity index (χ1n) is 12.5. The molecular formula is C26H30ClN5O4S. The first-order valence-corrected chi connectivity index (χ1v) is 14.3. The van der Waals surface area contributed by atoms with Gasteiger partial charge in [-0.2, -0.15) is 9.29 Å². The van der Waals surface area contributed by atoms with Crippen LogP contribution in [0.25, 0.3) is 11.4 Å². The number of anilines is 1. The molecule has 3 aromatic rings. The molecule has 5 rings (SSSR count). The van der Waals surface area contributed by atoms with Gasteiger partial charge in [-0.25, -0.2) is 8.42 Å². The van der Waals surface area contributed by atoms with Crippen molar-refractivity contribution in [1.82, 2.24) is 19.3 Å². The molecule has 0 bridgehead atoms. The van der Waals surface area contributed by atoms with Gasteiger partial charge in [-0.1, -0.05) is 35.0 Å². The summed E-state index contributed by atoms with van der Waals surface area (Å²) < 4.78 is 33.2. The van der Waals surface area contributed by atoms with Crippen LogP contribution in [0.3, 0.4) is 0 Å². The Morgan fingerprint density at radius 3 is 2.73 bits per heavy atom. The molecule has 0 aliphatic carbocycles. The van der Waals surface area contributed by atoms with Crippen molar-refractivity contribution in [2.75, 3.05) is 31.5 Å². The fraction of sp³-hybridized carbons (Fsp3) is 0.423. The van der Waals surface area contributed by atoms with Crippen LogP contribution in [0.15, 0.2) is 51.9 Å². The highest BCUT2D eigenvalue weighted by atomic mass is 35.5. The van der Waals surface area contributed by atoms with Crippen LogP contribution in [0.4, 0.5) is 5.69 Å². The van der Waals surface area contributed by atoms with E-state index in [9.17, 15) is 13.2 Å². The van der Waals surface area contributed by atoms with Gasteiger partial charge >= 0.3 is 0 Å². The summed E-state index contributed by atoms with van der Waals surface area (Å²) in [5.74, 6) is 0.599. The number of amides is 1. The molecule has 2 aromatic carbocycles. The van der Waals surface area contributed by atoms with Crippen molar-refractivity contribution in [1.29, 1.82) is 0 Å². The van der Waals surface area contributed by atoms with Gasteiger partial charge in [0, 0.05) is 35.9 Å². The molecule has 196 valence electrons. The van der Waals surface area contributed by atoms with Gasteiger partial charge in [0.25, 0.3) is 0 Å². The quantitative estimate of drug-likeness (QED) is 0.472. The second kappa shape index (κ2) is 10.9. The summed E-state index contributed by atoms with van der Waals surface area (Å²) in [6.45, 7) is 4.67. The third-order valence-corrected chi connectivity index (χ3v) is 9.20. The van der Waals surface area contributed by atoms with Crippen molar-refractivity contribution in [2.45, 2.75) is 44.0 Å². The number of likely N-dealkylation sites (tertiary alicyclic amines) is 1. The zero-order valence-electron chi connectivity index (χ0n) is 20.7. The Morgan fingerprint density at radius 1 is 1.14 bits per heavy atom. The first-order chi connectivity index (χ1) is 17.8. The maximum absolute atomic E-state index is 13.1. The number of nitrogens with zero attached hydrogens (tertiary/aromatic N) is 4. The van der Waals surface area contributed by atoms with Crippen LogP contribution in [-0.4, -0.2) is 59.8 Å². The summed E-state index contributed by atoms with van der Waals surface area (Å²) in [4.78, 5) is 20.0. The minimum absolute atomic E-state index is 0.122. The van der Waals surface area contributed by atoms with E-state index in [4.69, 9.17) is 16.1 Å². The maximum atomic E-state index is 13.1. The van der Waals surface area contributed by atoms with E-state index in [-0.39, 0.29) is 16.7 Å². The van der Waals surface area contributed by atoms with Gasteiger partial charge < -0.3 is 9.84 Å². The second-order valence-electron chi connectivity index (χ2n) is 9.68. The van der Waals surface area contributed by atoms with Crippen LogP contribution in [0.5, 0.6) is 0 Å². The summed E-state index contributed by atoms with van der Waals surface area (Å²) in [5.41, 5.74) is 1.95. The minimum atomic E-state index is -3.57. The molecule has 2 aliphatic rings. The molecule has 37 heavy (non-hydrogen) atoms. The average molecular weight is 544 g/mol. The topological polar surface area (TPSA) is 109 Å². The highest BCUT2D eigenvalue weighted by Crippen LogP contribution is 2.28. The molecule has 2 saturated heterocycles. The molecule has 1 amide bonds. The third-order valence-electron chi connectivity index (χ3n) is 6.92. The van der Waals surface area contributed by atoms with Crippen molar-refractivity contribution in [2.24, 2.45) is 5.92 Å². The molecule has 9 nitrogen and oxygen atoms in total. The molecule has 2 fully saturated rings. The highest BCUT2D eigenvalue weighted by molar-refractivity contribution is 7.89. The minimum Gasteiger partial charge on any atom is -0.338 e. The number of sulfonamides is 1. The van der Waals surface area contributed by atoms with E-state index < -0.39 is 10.0 Å². The number of nitrogens with one attached hydrogen (secondary N) is 1. The Morgan fingerprint density at radius 2 is 1.95 bits per heavy atom. The molecule has 2 aliphatic heterocycles. The Labute approximate surface area is 221 Å². The Kier molecular flexibility index (Phi) is 7.62. The molecule has 1 N–H and O–H groups in total. The molecule has 3 heterocycles. The lowest BCUT2D eigenvalue weighted by Crippen LogP contribution is -2.40. The number of aryl methyl sites for hydroxylation is 1. The summed E-state index contributed by atoms with van der Waals surface area (Å²) in [7, 11) is -3.57. The average Bonchev–Trinajstić information content (AvgIpc) is 3.58. The van der Waals surface area contributed by atoms with E-state index in [1.54, 1.807) is 37.3 Å². The fourth-order valence-corrected chi connectivity index (χ4v) is 6.89. The second-order valence-corrected chi connectivity index (χ2v) is 12.0. The smallest absolute Gasteiger partial charge is 0.243 e. The molecule has 0 saturated carbocycles. The summed E-state index contributed by atoms with van der Waals surface area (Å²) in [5, 5.41) is 7.61. The molecule has 0 radical (unpaired) electrons. The Bertz CT molecular complexity index is 1390. The largest absolute Gasteiger partial charge is 0.338 e. The fourth-order valence-electron chi connectivity index (χ4n) is 4.94. The summed E-state index contributed by atoms with van der Waals surface area (Å²) in [6.07, 6.45) is 3.36. The monoisotopic (exact) mass is 543 g/mol. The predicted octanol–water partition coefficient (Wildman–Crippen LogP) is 4.33. The zero-order valence-corrected chi connectivity index (χ0v) is 22.3. The standard InChI is InChI=1S/C26H30ClN5O4S/c1-18-9-10-22(15-23(18)37(34,35)32-12-2-3-13-32)28-26(33)20-7-5-11-31(16-20)17-24-29-25(30-36-24)19-6-4-8-21(27)14-19/h4,6,8-10,14-15,20H,2-3,5,7,11-13,16-17H2,1H3,(H,28,33). The highest BCUT2D eigenvalue weighted by Gasteiger charge is 2.30. The zero-order chi connectivity index (χ0) is 26.0. The predicted molar refractivity (Wildman–Crippen MR) is 141 cm³/mol. The van der Waals surface area contributed by atoms with Crippen molar-refractivity contribution >= 4 is 33.2 Å². The van der Waals surface area contributed by atoms with E-state index in [0.717, 1.165) is 37.8 Å². The lowest BCUT2D eigenvalue weighted by molar-refractivity contribution is -0.121. The number of rotatable bonds is 7. The van der Waals surface area contributed by atoms with Crippen LogP contribution < -0.4 is 5.32 Å². The molecule has 11 heteroatoms. The van der Waals surface area contributed by atoms with Gasteiger partial charge in [-0.3, -0.25) is 9.69 Å². The van der Waals surface area contributed by atoms with Crippen molar-refractivity contribution in [3.05, 3.63) is 58.9 Å². The van der Waals surface area contributed by atoms with E-state index in [1.165, 1.54) is 4.31 Å². The first kappa shape index (κ1) is 25.8. The normalized spacial score (nSPS) is 19.2. The lowest BCUT2D eigenvalue weighted by atomic mass is 9.97. The Hall–Kier alpha value is -2.79. The van der Waals surface area contributed by atoms with Crippen LogP contribution in [0, 0.1) is 12.8 Å².